The van der Waals surface area contributed by atoms with Gasteiger partial charge in [-0.05, 0) is 102 Å². The van der Waals surface area contributed by atoms with Crippen LogP contribution in [0.4, 0.5) is 11.4 Å². The maximum absolute atomic E-state index is 13.8. The van der Waals surface area contributed by atoms with Crippen molar-refractivity contribution in [1.82, 2.24) is 0 Å². The van der Waals surface area contributed by atoms with Crippen molar-refractivity contribution in [3.05, 3.63) is 119 Å². The van der Waals surface area contributed by atoms with E-state index in [0.29, 0.717) is 60.2 Å². The number of amidine groups is 1. The lowest BCUT2D eigenvalue weighted by molar-refractivity contribution is -0.113. The van der Waals surface area contributed by atoms with E-state index in [9.17, 15) is 4.79 Å². The number of rotatable bonds is 7. The zero-order chi connectivity index (χ0) is 30.0. The number of anilines is 1. The van der Waals surface area contributed by atoms with Crippen LogP contribution in [0, 0.1) is 13.8 Å². The van der Waals surface area contributed by atoms with Crippen LogP contribution >= 0.6 is 62.5 Å². The summed E-state index contributed by atoms with van der Waals surface area (Å²) in [7, 11) is 1.55. The standard InChI is InChI=1S/C32H24BrCl3N2O3S/c1-18-4-10-23(15-25(18)34)37-32-38(24-11-5-19(2)26(35)16-24)31(39)29(42-32)14-21-12-27(36)30(28(13-21)40-3)41-17-20-6-8-22(33)9-7-20/h4-16H,17H2,1-3H3/b29-14+,37-32?. The number of carbonyl (C=O) groups is 1. The summed E-state index contributed by atoms with van der Waals surface area (Å²) in [5.41, 5.74) is 4.73. The van der Waals surface area contributed by atoms with E-state index in [1.165, 1.54) is 11.8 Å². The largest absolute Gasteiger partial charge is 0.493 e. The fraction of sp³-hybridized carbons (Fsp3) is 0.125. The predicted octanol–water partition coefficient (Wildman–Crippen LogP) is 10.4. The zero-order valence-corrected chi connectivity index (χ0v) is 27.4. The van der Waals surface area contributed by atoms with Crippen molar-refractivity contribution in [2.24, 2.45) is 4.99 Å². The van der Waals surface area contributed by atoms with Crippen molar-refractivity contribution >= 4 is 91.0 Å². The fourth-order valence-electron chi connectivity index (χ4n) is 4.11. The summed E-state index contributed by atoms with van der Waals surface area (Å²) < 4.78 is 12.6. The molecule has 0 N–H and O–H groups in total. The molecule has 42 heavy (non-hydrogen) atoms. The molecule has 0 radical (unpaired) electrons. The molecule has 1 fully saturated rings. The van der Waals surface area contributed by atoms with Gasteiger partial charge in [0.1, 0.15) is 6.61 Å². The zero-order valence-electron chi connectivity index (χ0n) is 22.8. The van der Waals surface area contributed by atoms with E-state index in [0.717, 1.165) is 21.2 Å². The summed E-state index contributed by atoms with van der Waals surface area (Å²) in [4.78, 5) is 20.6. The number of benzene rings is 4. The van der Waals surface area contributed by atoms with Gasteiger partial charge in [0.25, 0.3) is 5.91 Å². The first-order valence-corrected chi connectivity index (χ1v) is 15.5. The Balaban J connectivity index is 1.49. The monoisotopic (exact) mass is 700 g/mol. The normalized spacial score (nSPS) is 15.1. The highest BCUT2D eigenvalue weighted by Gasteiger charge is 2.35. The molecule has 5 rings (SSSR count). The van der Waals surface area contributed by atoms with Gasteiger partial charge >= 0.3 is 0 Å². The molecule has 214 valence electrons. The van der Waals surface area contributed by atoms with Crippen LogP contribution in [-0.4, -0.2) is 18.2 Å². The Morgan fingerprint density at radius 1 is 0.905 bits per heavy atom. The minimum absolute atomic E-state index is 0.248. The third-order valence-corrected chi connectivity index (χ3v) is 9.04. The molecule has 0 aliphatic carbocycles. The molecule has 0 spiro atoms. The smallest absolute Gasteiger partial charge is 0.271 e. The van der Waals surface area contributed by atoms with Crippen LogP contribution in [0.5, 0.6) is 11.5 Å². The molecule has 1 aliphatic rings. The first-order valence-electron chi connectivity index (χ1n) is 12.7. The van der Waals surface area contributed by atoms with Crippen molar-refractivity contribution in [3.63, 3.8) is 0 Å². The lowest BCUT2D eigenvalue weighted by Gasteiger charge is -2.17. The Bertz CT molecular complexity index is 1740. The Hall–Kier alpha value is -2.94. The van der Waals surface area contributed by atoms with Gasteiger partial charge in [0, 0.05) is 14.5 Å². The minimum Gasteiger partial charge on any atom is -0.493 e. The average Bonchev–Trinajstić information content (AvgIpc) is 3.26. The number of carbonyl (C=O) groups excluding carboxylic acids is 1. The van der Waals surface area contributed by atoms with E-state index in [4.69, 9.17) is 49.3 Å². The number of thioether (sulfide) groups is 1. The van der Waals surface area contributed by atoms with E-state index in [1.807, 2.05) is 62.4 Å². The number of ether oxygens (including phenoxy) is 2. The van der Waals surface area contributed by atoms with E-state index in [1.54, 1.807) is 42.4 Å². The summed E-state index contributed by atoms with van der Waals surface area (Å²) in [5, 5.41) is 1.98. The molecule has 10 heteroatoms. The summed E-state index contributed by atoms with van der Waals surface area (Å²) >= 11 is 24.1. The Labute approximate surface area is 272 Å². The van der Waals surface area contributed by atoms with Crippen LogP contribution in [0.2, 0.25) is 15.1 Å². The van der Waals surface area contributed by atoms with Gasteiger partial charge in [0.15, 0.2) is 16.7 Å². The van der Waals surface area contributed by atoms with Crippen molar-refractivity contribution in [2.75, 3.05) is 12.0 Å². The first-order chi connectivity index (χ1) is 20.1. The van der Waals surface area contributed by atoms with E-state index >= 15 is 0 Å². The Kier molecular flexibility index (Phi) is 9.55. The van der Waals surface area contributed by atoms with Crippen LogP contribution in [0.25, 0.3) is 6.08 Å². The maximum Gasteiger partial charge on any atom is 0.271 e. The van der Waals surface area contributed by atoms with Gasteiger partial charge in [0.2, 0.25) is 0 Å². The summed E-state index contributed by atoms with van der Waals surface area (Å²) in [6, 6.07) is 22.3. The van der Waals surface area contributed by atoms with Crippen LogP contribution < -0.4 is 14.4 Å². The van der Waals surface area contributed by atoms with Crippen LogP contribution in [0.3, 0.4) is 0 Å². The second kappa shape index (κ2) is 13.1. The highest BCUT2D eigenvalue weighted by molar-refractivity contribution is 9.10. The topological polar surface area (TPSA) is 51.1 Å². The fourth-order valence-corrected chi connectivity index (χ4v) is 6.00. The van der Waals surface area contributed by atoms with Crippen LogP contribution in [-0.2, 0) is 11.4 Å². The van der Waals surface area contributed by atoms with E-state index < -0.39 is 0 Å². The van der Waals surface area contributed by atoms with Gasteiger partial charge in [-0.1, -0.05) is 75.0 Å². The molecule has 1 aliphatic heterocycles. The van der Waals surface area contributed by atoms with Crippen molar-refractivity contribution in [3.8, 4) is 11.5 Å². The van der Waals surface area contributed by atoms with Gasteiger partial charge in [-0.2, -0.15) is 0 Å². The molecule has 0 saturated carbocycles. The van der Waals surface area contributed by atoms with Crippen molar-refractivity contribution in [2.45, 2.75) is 20.5 Å². The molecule has 0 bridgehead atoms. The molecular weight excluding hydrogens is 679 g/mol. The minimum atomic E-state index is -0.248. The second-order valence-corrected chi connectivity index (χ2v) is 12.6. The third kappa shape index (κ3) is 6.82. The number of methoxy groups -OCH3 is 1. The third-order valence-electron chi connectivity index (χ3n) is 6.45. The number of nitrogens with zero attached hydrogens (tertiary/aromatic N) is 2. The number of aryl methyl sites for hydroxylation is 2. The summed E-state index contributed by atoms with van der Waals surface area (Å²) in [6.07, 6.45) is 1.76. The molecule has 0 atom stereocenters. The molecule has 4 aromatic carbocycles. The molecule has 5 nitrogen and oxygen atoms in total. The molecule has 1 saturated heterocycles. The summed E-state index contributed by atoms with van der Waals surface area (Å²) in [6.45, 7) is 4.14. The van der Waals surface area contributed by atoms with Crippen LogP contribution in [0.15, 0.2) is 87.2 Å². The number of hydrogen-bond acceptors (Lipinski definition) is 5. The second-order valence-electron chi connectivity index (χ2n) is 9.46. The number of aliphatic imine (C=N–C) groups is 1. The SMILES string of the molecule is COc1cc(/C=C2/SC(=Nc3ccc(C)c(Cl)c3)N(c3ccc(C)c(Cl)c3)C2=O)cc(Cl)c1OCc1ccc(Br)cc1. The molecule has 1 amide bonds. The maximum atomic E-state index is 13.8. The van der Waals surface area contributed by atoms with Gasteiger partial charge in [0.05, 0.1) is 28.4 Å². The lowest BCUT2D eigenvalue weighted by Crippen LogP contribution is -2.28. The average molecular weight is 703 g/mol. The highest BCUT2D eigenvalue weighted by Crippen LogP contribution is 2.41. The molecule has 4 aromatic rings. The number of hydrogen-bond donors (Lipinski definition) is 0. The first kappa shape index (κ1) is 30.5. The quantitative estimate of drug-likeness (QED) is 0.180. The number of halogens is 4. The Morgan fingerprint density at radius 3 is 2.26 bits per heavy atom. The Morgan fingerprint density at radius 2 is 1.60 bits per heavy atom. The van der Waals surface area contributed by atoms with E-state index in [2.05, 4.69) is 15.9 Å². The molecular formula is C32H24BrCl3N2O3S. The molecule has 0 unspecified atom stereocenters. The predicted molar refractivity (Wildman–Crippen MR) is 179 cm³/mol. The molecule has 1 heterocycles. The highest BCUT2D eigenvalue weighted by atomic mass is 79.9. The van der Waals surface area contributed by atoms with Gasteiger partial charge in [-0.25, -0.2) is 4.99 Å². The van der Waals surface area contributed by atoms with Crippen LogP contribution in [0.1, 0.15) is 22.3 Å². The van der Waals surface area contributed by atoms with Gasteiger partial charge in [-0.15, -0.1) is 0 Å². The van der Waals surface area contributed by atoms with Crippen molar-refractivity contribution in [1.29, 1.82) is 0 Å². The summed E-state index contributed by atoms with van der Waals surface area (Å²) in [5.74, 6) is 0.624. The lowest BCUT2D eigenvalue weighted by atomic mass is 10.1. The molecule has 0 aromatic heterocycles. The van der Waals surface area contributed by atoms with Gasteiger partial charge < -0.3 is 9.47 Å². The van der Waals surface area contributed by atoms with Crippen molar-refractivity contribution < 1.29 is 14.3 Å². The van der Waals surface area contributed by atoms with Gasteiger partial charge in [-0.3, -0.25) is 9.69 Å². The number of amides is 1. The van der Waals surface area contributed by atoms with E-state index in [-0.39, 0.29) is 5.91 Å².